The first-order valence-electron chi connectivity index (χ1n) is 7.42. The van der Waals surface area contributed by atoms with Gasteiger partial charge in [0.25, 0.3) is 0 Å². The van der Waals surface area contributed by atoms with Gasteiger partial charge in [0.15, 0.2) is 5.11 Å². The van der Waals surface area contributed by atoms with Gasteiger partial charge in [-0.15, -0.1) is 0 Å². The maximum atomic E-state index is 5.41. The molecule has 4 heteroatoms. The van der Waals surface area contributed by atoms with Crippen LogP contribution in [0.15, 0.2) is 24.3 Å². The van der Waals surface area contributed by atoms with Crippen molar-refractivity contribution in [3.8, 4) is 5.75 Å². The Hall–Kier alpha value is -1.29. The first-order chi connectivity index (χ1) is 9.74. The largest absolute Gasteiger partial charge is 0.497 e. The number of rotatable bonds is 4. The molecule has 2 aliphatic carbocycles. The molecule has 108 valence electrons. The third kappa shape index (κ3) is 3.06. The van der Waals surface area contributed by atoms with E-state index in [1.165, 1.54) is 31.2 Å². The lowest BCUT2D eigenvalue weighted by molar-refractivity contribution is 0.389. The van der Waals surface area contributed by atoms with Crippen molar-refractivity contribution in [3.63, 3.8) is 0 Å². The number of fused-ring (bicyclic) bond motifs is 2. The molecular weight excluding hydrogens is 268 g/mol. The van der Waals surface area contributed by atoms with E-state index in [-0.39, 0.29) is 0 Å². The maximum Gasteiger partial charge on any atom is 0.166 e. The van der Waals surface area contributed by atoms with Gasteiger partial charge in [0.2, 0.25) is 0 Å². The predicted molar refractivity (Wildman–Crippen MR) is 84.8 cm³/mol. The standard InChI is InChI=1S/C16H22N2OS/c1-19-14-6-3-11(4-7-14)10-17-16(20)18-15-9-12-2-5-13(15)8-12/h3-4,6-7,12-13,15H,2,5,8-10H2,1H3,(H2,17,18,20)/t12-,13+,15+/m0/s1. The summed E-state index contributed by atoms with van der Waals surface area (Å²) >= 11 is 5.41. The number of ether oxygens (including phenoxy) is 1. The molecule has 2 aliphatic rings. The average molecular weight is 290 g/mol. The predicted octanol–water partition coefficient (Wildman–Crippen LogP) is 2.85. The van der Waals surface area contributed by atoms with Crippen molar-refractivity contribution in [1.29, 1.82) is 0 Å². The number of thiocarbonyl (C=S) groups is 1. The molecule has 0 amide bonds. The second-order valence-electron chi connectivity index (χ2n) is 5.96. The van der Waals surface area contributed by atoms with E-state index in [0.29, 0.717) is 6.04 Å². The molecule has 0 saturated heterocycles. The van der Waals surface area contributed by atoms with Gasteiger partial charge >= 0.3 is 0 Å². The Morgan fingerprint density at radius 2 is 2.05 bits per heavy atom. The number of hydrogen-bond donors (Lipinski definition) is 2. The molecule has 0 unspecified atom stereocenters. The number of hydrogen-bond acceptors (Lipinski definition) is 2. The fourth-order valence-corrected chi connectivity index (χ4v) is 3.79. The fourth-order valence-electron chi connectivity index (χ4n) is 3.57. The summed E-state index contributed by atoms with van der Waals surface area (Å²) in [5.41, 5.74) is 1.21. The van der Waals surface area contributed by atoms with Crippen LogP contribution >= 0.6 is 12.2 Å². The van der Waals surface area contributed by atoms with E-state index in [1.807, 2.05) is 12.1 Å². The quantitative estimate of drug-likeness (QED) is 0.836. The minimum absolute atomic E-state index is 0.601. The molecule has 1 aromatic carbocycles. The van der Waals surface area contributed by atoms with Crippen LogP contribution in [0.25, 0.3) is 0 Å². The van der Waals surface area contributed by atoms with Gasteiger partial charge in [-0.25, -0.2) is 0 Å². The van der Waals surface area contributed by atoms with Crippen LogP contribution in [0.3, 0.4) is 0 Å². The molecule has 2 N–H and O–H groups in total. The summed E-state index contributed by atoms with van der Waals surface area (Å²) < 4.78 is 5.15. The number of benzene rings is 1. The molecule has 1 aromatic rings. The van der Waals surface area contributed by atoms with E-state index in [9.17, 15) is 0 Å². The van der Waals surface area contributed by atoms with Crippen LogP contribution in [-0.4, -0.2) is 18.3 Å². The molecule has 3 nitrogen and oxygen atoms in total. The van der Waals surface area contributed by atoms with Crippen LogP contribution in [0.2, 0.25) is 0 Å². The van der Waals surface area contributed by atoms with Crippen LogP contribution < -0.4 is 15.4 Å². The van der Waals surface area contributed by atoms with Gasteiger partial charge in [-0.3, -0.25) is 0 Å². The van der Waals surface area contributed by atoms with Gasteiger partial charge in [0, 0.05) is 12.6 Å². The average Bonchev–Trinajstić information content (AvgIpc) is 3.08. The lowest BCUT2D eigenvalue weighted by Crippen LogP contribution is -2.43. The SMILES string of the molecule is COc1ccc(CNC(=S)N[C@@H]2C[C@H]3CC[C@@H]2C3)cc1. The molecule has 2 saturated carbocycles. The van der Waals surface area contributed by atoms with E-state index in [1.54, 1.807) is 7.11 Å². The third-order valence-electron chi connectivity index (χ3n) is 4.67. The van der Waals surface area contributed by atoms with Gasteiger partial charge in [0.05, 0.1) is 7.11 Å². The summed E-state index contributed by atoms with van der Waals surface area (Å²) in [6.07, 6.45) is 5.51. The molecule has 20 heavy (non-hydrogen) atoms. The Labute approximate surface area is 126 Å². The normalized spacial score (nSPS) is 27.4. The van der Waals surface area contributed by atoms with Gasteiger partial charge in [0.1, 0.15) is 5.75 Å². The Bertz CT molecular complexity index is 474. The first kappa shape index (κ1) is 13.7. The summed E-state index contributed by atoms with van der Waals surface area (Å²) in [6.45, 7) is 0.761. The van der Waals surface area contributed by atoms with Gasteiger partial charge in [-0.2, -0.15) is 0 Å². The fraction of sp³-hybridized carbons (Fsp3) is 0.562. The summed E-state index contributed by atoms with van der Waals surface area (Å²) in [5, 5.41) is 7.59. The van der Waals surface area contributed by atoms with Crippen molar-refractivity contribution in [2.75, 3.05) is 7.11 Å². The van der Waals surface area contributed by atoms with Crippen molar-refractivity contribution >= 4 is 17.3 Å². The van der Waals surface area contributed by atoms with Crippen LogP contribution in [0, 0.1) is 11.8 Å². The van der Waals surface area contributed by atoms with Gasteiger partial charge in [-0.05, 0) is 61.0 Å². The minimum atomic E-state index is 0.601. The molecule has 0 spiro atoms. The lowest BCUT2D eigenvalue weighted by Gasteiger charge is -2.24. The van der Waals surface area contributed by atoms with Crippen molar-refractivity contribution < 1.29 is 4.74 Å². The summed E-state index contributed by atoms with van der Waals surface area (Å²) in [7, 11) is 1.68. The maximum absolute atomic E-state index is 5.41. The van der Waals surface area contributed by atoms with Crippen molar-refractivity contribution in [2.45, 2.75) is 38.3 Å². The van der Waals surface area contributed by atoms with E-state index < -0.39 is 0 Å². The third-order valence-corrected chi connectivity index (χ3v) is 4.93. The molecule has 0 aliphatic heterocycles. The molecular formula is C16H22N2OS. The Kier molecular flexibility index (Phi) is 4.10. The highest BCUT2D eigenvalue weighted by Crippen LogP contribution is 2.44. The Morgan fingerprint density at radius 1 is 1.25 bits per heavy atom. The smallest absolute Gasteiger partial charge is 0.166 e. The minimum Gasteiger partial charge on any atom is -0.497 e. The zero-order valence-electron chi connectivity index (χ0n) is 11.9. The molecule has 0 aromatic heterocycles. The lowest BCUT2D eigenvalue weighted by atomic mass is 9.96. The Morgan fingerprint density at radius 3 is 2.65 bits per heavy atom. The summed E-state index contributed by atoms with van der Waals surface area (Å²) in [4.78, 5) is 0. The highest BCUT2D eigenvalue weighted by Gasteiger charge is 2.39. The summed E-state index contributed by atoms with van der Waals surface area (Å²) in [5.74, 6) is 2.68. The molecule has 2 bridgehead atoms. The zero-order valence-corrected chi connectivity index (χ0v) is 12.7. The highest BCUT2D eigenvalue weighted by atomic mass is 32.1. The van der Waals surface area contributed by atoms with Gasteiger partial charge in [-0.1, -0.05) is 18.6 Å². The highest BCUT2D eigenvalue weighted by molar-refractivity contribution is 7.80. The van der Waals surface area contributed by atoms with Crippen molar-refractivity contribution in [3.05, 3.63) is 29.8 Å². The van der Waals surface area contributed by atoms with Crippen LogP contribution in [0.4, 0.5) is 0 Å². The zero-order chi connectivity index (χ0) is 13.9. The van der Waals surface area contributed by atoms with E-state index >= 15 is 0 Å². The van der Waals surface area contributed by atoms with Crippen LogP contribution in [0.5, 0.6) is 5.75 Å². The topological polar surface area (TPSA) is 33.3 Å². The van der Waals surface area contributed by atoms with E-state index in [0.717, 1.165) is 29.2 Å². The number of nitrogens with one attached hydrogen (secondary N) is 2. The second-order valence-corrected chi connectivity index (χ2v) is 6.36. The van der Waals surface area contributed by atoms with Crippen LogP contribution in [0.1, 0.15) is 31.2 Å². The summed E-state index contributed by atoms with van der Waals surface area (Å²) in [6, 6.07) is 8.68. The van der Waals surface area contributed by atoms with Crippen molar-refractivity contribution in [2.24, 2.45) is 11.8 Å². The molecule has 0 heterocycles. The second kappa shape index (κ2) is 6.00. The number of methoxy groups -OCH3 is 1. The van der Waals surface area contributed by atoms with E-state index in [4.69, 9.17) is 17.0 Å². The Balaban J connectivity index is 1.44. The molecule has 3 rings (SSSR count). The first-order valence-corrected chi connectivity index (χ1v) is 7.82. The molecule has 2 fully saturated rings. The molecule has 3 atom stereocenters. The molecule has 0 radical (unpaired) electrons. The van der Waals surface area contributed by atoms with Crippen LogP contribution in [-0.2, 0) is 6.54 Å². The monoisotopic (exact) mass is 290 g/mol. The van der Waals surface area contributed by atoms with Crippen molar-refractivity contribution in [1.82, 2.24) is 10.6 Å². The van der Waals surface area contributed by atoms with Gasteiger partial charge < -0.3 is 15.4 Å². The van der Waals surface area contributed by atoms with E-state index in [2.05, 4.69) is 22.8 Å².